The van der Waals surface area contributed by atoms with Crippen LogP contribution in [0.2, 0.25) is 0 Å². The van der Waals surface area contributed by atoms with Crippen molar-refractivity contribution in [2.24, 2.45) is 0 Å². The van der Waals surface area contributed by atoms with E-state index in [9.17, 15) is 4.79 Å². The first kappa shape index (κ1) is 23.5. The topological polar surface area (TPSA) is 60.5 Å². The van der Waals surface area contributed by atoms with Gasteiger partial charge >= 0.3 is 0 Å². The summed E-state index contributed by atoms with van der Waals surface area (Å²) in [6.45, 7) is 8.73. The number of rotatable bonds is 10. The van der Waals surface area contributed by atoms with Gasteiger partial charge in [-0.15, -0.1) is 0 Å². The lowest BCUT2D eigenvalue weighted by molar-refractivity contribution is 0.0632. The van der Waals surface area contributed by atoms with Crippen LogP contribution in [-0.2, 0) is 11.2 Å². The minimum atomic E-state index is -0.203. The molecule has 0 spiro atoms. The minimum absolute atomic E-state index is 0.101. The van der Waals surface area contributed by atoms with E-state index in [1.54, 1.807) is 6.07 Å². The molecule has 3 rings (SSSR count). The first-order chi connectivity index (χ1) is 15.5. The lowest BCUT2D eigenvalue weighted by Gasteiger charge is -2.14. The van der Waals surface area contributed by atoms with Gasteiger partial charge in [0.15, 0.2) is 0 Å². The Morgan fingerprint density at radius 3 is 2.47 bits per heavy atom. The number of ether oxygens (including phenoxy) is 2. The molecule has 0 fully saturated rings. The molecule has 5 nitrogen and oxygen atoms in total. The van der Waals surface area contributed by atoms with Gasteiger partial charge in [0.25, 0.3) is 5.91 Å². The van der Waals surface area contributed by atoms with Crippen molar-refractivity contribution >= 4 is 11.6 Å². The van der Waals surface area contributed by atoms with Crippen LogP contribution in [0, 0.1) is 6.92 Å². The molecule has 3 aromatic rings. The summed E-state index contributed by atoms with van der Waals surface area (Å²) >= 11 is 0. The summed E-state index contributed by atoms with van der Waals surface area (Å²) in [5.41, 5.74) is 3.95. The average molecular weight is 433 g/mol. The fraction of sp³-hybridized carbons (Fsp3) is 0.333. The number of benzene rings is 2. The Hall–Kier alpha value is -3.18. The molecule has 0 aliphatic carbocycles. The van der Waals surface area contributed by atoms with Crippen LogP contribution in [0.25, 0.3) is 0 Å². The smallest absolute Gasteiger partial charge is 0.257 e. The molecule has 32 heavy (non-hydrogen) atoms. The first-order valence-corrected chi connectivity index (χ1v) is 11.3. The maximum Gasteiger partial charge on any atom is 0.257 e. The molecule has 2 aromatic carbocycles. The Morgan fingerprint density at radius 2 is 1.75 bits per heavy atom. The van der Waals surface area contributed by atoms with Gasteiger partial charge in [-0.25, -0.2) is 0 Å². The van der Waals surface area contributed by atoms with Crippen molar-refractivity contribution in [2.75, 3.05) is 11.9 Å². The van der Waals surface area contributed by atoms with Crippen LogP contribution in [0.1, 0.15) is 67.0 Å². The van der Waals surface area contributed by atoms with E-state index in [0.29, 0.717) is 29.3 Å². The average Bonchev–Trinajstić information content (AvgIpc) is 2.78. The highest BCUT2D eigenvalue weighted by atomic mass is 16.5. The first-order valence-electron chi connectivity index (χ1n) is 11.3. The number of nitrogens with one attached hydrogen (secondary N) is 1. The van der Waals surface area contributed by atoms with Crippen LogP contribution >= 0.6 is 0 Å². The summed E-state index contributed by atoms with van der Waals surface area (Å²) in [5, 5.41) is 2.95. The van der Waals surface area contributed by atoms with Gasteiger partial charge in [0.2, 0.25) is 0 Å². The number of amides is 1. The standard InChI is InChI=1S/C27H32N2O3/c1-5-9-21-10-7-12-23(17-21)32-24-13-8-11-22(18-24)29-27(30)25-14-15-26(28-19(25)3)20(4)31-16-6-2/h7-8,10-15,17-18,20H,5-6,9,16H2,1-4H3,(H,29,30). The molecule has 168 valence electrons. The van der Waals surface area contributed by atoms with E-state index in [0.717, 1.165) is 30.7 Å². The van der Waals surface area contributed by atoms with Gasteiger partial charge in [-0.2, -0.15) is 0 Å². The third kappa shape index (κ3) is 6.41. The zero-order valence-corrected chi connectivity index (χ0v) is 19.4. The Kier molecular flexibility index (Phi) is 8.40. The zero-order chi connectivity index (χ0) is 22.9. The number of pyridine rings is 1. The lowest BCUT2D eigenvalue weighted by Crippen LogP contribution is -2.15. The van der Waals surface area contributed by atoms with Crippen molar-refractivity contribution in [3.05, 3.63) is 83.2 Å². The number of aromatic nitrogens is 1. The normalized spacial score (nSPS) is 11.8. The molecule has 1 N–H and O–H groups in total. The molecular weight excluding hydrogens is 400 g/mol. The number of carbonyl (C=O) groups is 1. The second-order valence-corrected chi connectivity index (χ2v) is 7.86. The van der Waals surface area contributed by atoms with E-state index < -0.39 is 0 Å². The van der Waals surface area contributed by atoms with Crippen LogP contribution in [0.4, 0.5) is 5.69 Å². The third-order valence-corrected chi connectivity index (χ3v) is 5.11. The number of hydrogen-bond donors (Lipinski definition) is 1. The highest BCUT2D eigenvalue weighted by Gasteiger charge is 2.14. The monoisotopic (exact) mass is 432 g/mol. The second kappa shape index (κ2) is 11.4. The van der Waals surface area contributed by atoms with E-state index in [1.165, 1.54) is 5.56 Å². The van der Waals surface area contributed by atoms with Gasteiger partial charge in [0.1, 0.15) is 11.5 Å². The highest BCUT2D eigenvalue weighted by molar-refractivity contribution is 6.05. The van der Waals surface area contributed by atoms with E-state index in [2.05, 4.69) is 36.3 Å². The van der Waals surface area contributed by atoms with Gasteiger partial charge in [-0.3, -0.25) is 9.78 Å². The molecule has 1 aromatic heterocycles. The summed E-state index contributed by atoms with van der Waals surface area (Å²) in [6, 6.07) is 19.2. The van der Waals surface area contributed by atoms with E-state index >= 15 is 0 Å². The molecule has 1 atom stereocenters. The summed E-state index contributed by atoms with van der Waals surface area (Å²) in [4.78, 5) is 17.4. The molecule has 0 aliphatic heterocycles. The van der Waals surface area contributed by atoms with Crippen molar-refractivity contribution in [2.45, 2.75) is 53.1 Å². The number of aryl methyl sites for hydroxylation is 2. The molecule has 0 saturated carbocycles. The van der Waals surface area contributed by atoms with Crippen LogP contribution in [0.15, 0.2) is 60.7 Å². The van der Waals surface area contributed by atoms with Crippen LogP contribution in [-0.4, -0.2) is 17.5 Å². The molecule has 0 saturated heterocycles. The fourth-order valence-electron chi connectivity index (χ4n) is 3.45. The van der Waals surface area contributed by atoms with E-state index in [1.807, 2.05) is 56.3 Å². The highest BCUT2D eigenvalue weighted by Crippen LogP contribution is 2.26. The van der Waals surface area contributed by atoms with Gasteiger partial charge in [-0.05, 0) is 68.7 Å². The maximum atomic E-state index is 12.9. The van der Waals surface area contributed by atoms with Crippen LogP contribution in [0.5, 0.6) is 11.5 Å². The van der Waals surface area contributed by atoms with Gasteiger partial charge in [0, 0.05) is 18.4 Å². The molecule has 5 heteroatoms. The number of anilines is 1. The minimum Gasteiger partial charge on any atom is -0.457 e. The number of nitrogens with zero attached hydrogens (tertiary/aromatic N) is 1. The fourth-order valence-corrected chi connectivity index (χ4v) is 3.45. The van der Waals surface area contributed by atoms with Crippen LogP contribution in [0.3, 0.4) is 0 Å². The molecule has 0 radical (unpaired) electrons. The van der Waals surface area contributed by atoms with Crippen molar-refractivity contribution in [3.63, 3.8) is 0 Å². The predicted octanol–water partition coefficient (Wildman–Crippen LogP) is 6.87. The second-order valence-electron chi connectivity index (χ2n) is 7.86. The van der Waals surface area contributed by atoms with Crippen LogP contribution < -0.4 is 10.1 Å². The Labute approximate surface area is 190 Å². The Balaban J connectivity index is 1.68. The lowest BCUT2D eigenvalue weighted by atomic mass is 10.1. The molecule has 1 heterocycles. The van der Waals surface area contributed by atoms with Gasteiger partial charge in [0.05, 0.1) is 23.1 Å². The molecule has 1 unspecified atom stereocenters. The predicted molar refractivity (Wildman–Crippen MR) is 129 cm³/mol. The quantitative estimate of drug-likeness (QED) is 0.379. The van der Waals surface area contributed by atoms with Crippen molar-refractivity contribution in [3.8, 4) is 11.5 Å². The van der Waals surface area contributed by atoms with Gasteiger partial charge in [-0.1, -0.05) is 38.5 Å². The summed E-state index contributed by atoms with van der Waals surface area (Å²) in [6.07, 6.45) is 2.96. The summed E-state index contributed by atoms with van der Waals surface area (Å²) in [5.74, 6) is 1.25. The Bertz CT molecular complexity index is 1050. The molecule has 0 aliphatic rings. The molecule has 0 bridgehead atoms. The largest absolute Gasteiger partial charge is 0.457 e. The SMILES string of the molecule is CCCOC(C)c1ccc(C(=O)Nc2cccc(Oc3cccc(CCC)c3)c2)c(C)n1. The summed E-state index contributed by atoms with van der Waals surface area (Å²) in [7, 11) is 0. The van der Waals surface area contributed by atoms with Crippen molar-refractivity contribution < 1.29 is 14.3 Å². The number of hydrogen-bond acceptors (Lipinski definition) is 4. The van der Waals surface area contributed by atoms with Gasteiger partial charge < -0.3 is 14.8 Å². The maximum absolute atomic E-state index is 12.9. The third-order valence-electron chi connectivity index (χ3n) is 5.11. The Morgan fingerprint density at radius 1 is 1.00 bits per heavy atom. The molecular formula is C27H32N2O3. The van der Waals surface area contributed by atoms with Crippen molar-refractivity contribution in [1.82, 2.24) is 4.98 Å². The number of carbonyl (C=O) groups excluding carboxylic acids is 1. The summed E-state index contributed by atoms with van der Waals surface area (Å²) < 4.78 is 11.7. The van der Waals surface area contributed by atoms with E-state index in [4.69, 9.17) is 9.47 Å². The van der Waals surface area contributed by atoms with E-state index in [-0.39, 0.29) is 12.0 Å². The zero-order valence-electron chi connectivity index (χ0n) is 19.4. The van der Waals surface area contributed by atoms with Crippen molar-refractivity contribution in [1.29, 1.82) is 0 Å². The molecule has 1 amide bonds.